The van der Waals surface area contributed by atoms with Crippen LogP contribution in [-0.2, 0) is 28.1 Å². The zero-order valence-corrected chi connectivity index (χ0v) is 18.0. The Labute approximate surface area is 177 Å². The molecule has 2 amide bonds. The predicted octanol–water partition coefficient (Wildman–Crippen LogP) is 1.19. The van der Waals surface area contributed by atoms with E-state index in [4.69, 9.17) is 0 Å². The van der Waals surface area contributed by atoms with Crippen molar-refractivity contribution in [3.05, 3.63) is 53.9 Å². The van der Waals surface area contributed by atoms with E-state index in [-0.39, 0.29) is 23.6 Å². The molecular formula is C21H28N4O4S. The van der Waals surface area contributed by atoms with Gasteiger partial charge >= 0.3 is 0 Å². The summed E-state index contributed by atoms with van der Waals surface area (Å²) >= 11 is 0. The number of amides is 2. The normalized spacial score (nSPS) is 15.2. The summed E-state index contributed by atoms with van der Waals surface area (Å²) in [6.07, 6.45) is 5.54. The number of piperidine rings is 1. The van der Waals surface area contributed by atoms with Crippen molar-refractivity contribution >= 4 is 21.7 Å². The number of benzene rings is 1. The Hall–Kier alpha value is -2.68. The maximum absolute atomic E-state index is 12.4. The minimum Gasteiger partial charge on any atom is -0.349 e. The van der Waals surface area contributed by atoms with Crippen molar-refractivity contribution < 1.29 is 18.0 Å². The van der Waals surface area contributed by atoms with E-state index in [0.29, 0.717) is 44.3 Å². The summed E-state index contributed by atoms with van der Waals surface area (Å²) in [6, 6.07) is 9.67. The van der Waals surface area contributed by atoms with E-state index in [0.717, 1.165) is 5.56 Å². The Morgan fingerprint density at radius 1 is 1.17 bits per heavy atom. The van der Waals surface area contributed by atoms with Gasteiger partial charge in [-0.2, -0.15) is 5.10 Å². The molecule has 0 spiro atoms. The zero-order chi connectivity index (χ0) is 21.6. The minimum atomic E-state index is -3.44. The number of aromatic nitrogens is 2. The molecule has 8 nitrogen and oxygen atoms in total. The van der Waals surface area contributed by atoms with Crippen LogP contribution >= 0.6 is 0 Å². The summed E-state index contributed by atoms with van der Waals surface area (Å²) in [5.41, 5.74) is 1.59. The predicted molar refractivity (Wildman–Crippen MR) is 114 cm³/mol. The number of rotatable bonds is 8. The van der Waals surface area contributed by atoms with Crippen LogP contribution in [0.5, 0.6) is 0 Å². The molecular weight excluding hydrogens is 404 g/mol. The number of hydrogen-bond acceptors (Lipinski definition) is 5. The van der Waals surface area contributed by atoms with Gasteiger partial charge in [0.05, 0.1) is 17.5 Å². The third-order valence-electron chi connectivity index (χ3n) is 5.26. The topological polar surface area (TPSA) is 101 Å². The molecule has 1 fully saturated rings. The monoisotopic (exact) mass is 432 g/mol. The molecule has 1 N–H and O–H groups in total. The maximum atomic E-state index is 12.4. The highest BCUT2D eigenvalue weighted by Crippen LogP contribution is 2.13. The summed E-state index contributed by atoms with van der Waals surface area (Å²) in [6.45, 7) is 0.882. The number of sulfone groups is 1. The average molecular weight is 433 g/mol. The average Bonchev–Trinajstić information content (AvgIpc) is 3.15. The van der Waals surface area contributed by atoms with Crippen LogP contribution in [0.1, 0.15) is 35.2 Å². The molecule has 0 saturated carbocycles. The first kappa shape index (κ1) is 22.0. The molecule has 0 aliphatic carbocycles. The van der Waals surface area contributed by atoms with Crippen molar-refractivity contribution in [3.8, 4) is 0 Å². The fraction of sp³-hybridized carbons (Fsp3) is 0.476. The molecule has 162 valence electrons. The van der Waals surface area contributed by atoms with Crippen LogP contribution in [0.3, 0.4) is 0 Å². The van der Waals surface area contributed by atoms with E-state index in [9.17, 15) is 18.0 Å². The van der Waals surface area contributed by atoms with Crippen LogP contribution in [0.25, 0.3) is 0 Å². The molecule has 2 aromatic rings. The van der Waals surface area contributed by atoms with Gasteiger partial charge in [-0.3, -0.25) is 14.3 Å². The van der Waals surface area contributed by atoms with Crippen molar-refractivity contribution in [1.82, 2.24) is 20.0 Å². The molecule has 0 radical (unpaired) electrons. The van der Waals surface area contributed by atoms with Crippen molar-refractivity contribution in [2.45, 2.75) is 31.7 Å². The fourth-order valence-corrected chi connectivity index (χ4v) is 4.86. The van der Waals surface area contributed by atoms with E-state index < -0.39 is 15.6 Å². The SMILES string of the molecule is Cn1cc(C(=O)NC2CCN(C(=O)CS(=O)(=O)CCCc3ccccc3)CC2)cn1. The lowest BCUT2D eigenvalue weighted by Gasteiger charge is -2.32. The van der Waals surface area contributed by atoms with Gasteiger partial charge in [0.2, 0.25) is 5.91 Å². The molecule has 30 heavy (non-hydrogen) atoms. The molecule has 3 rings (SSSR count). The molecule has 0 unspecified atom stereocenters. The van der Waals surface area contributed by atoms with Crippen molar-refractivity contribution in [2.75, 3.05) is 24.6 Å². The van der Waals surface area contributed by atoms with Gasteiger partial charge in [-0.25, -0.2) is 8.42 Å². The Bertz CT molecular complexity index is 964. The van der Waals surface area contributed by atoms with Crippen LogP contribution in [0.2, 0.25) is 0 Å². The van der Waals surface area contributed by atoms with Crippen LogP contribution in [0.15, 0.2) is 42.7 Å². The highest BCUT2D eigenvalue weighted by molar-refractivity contribution is 7.92. The van der Waals surface area contributed by atoms with Crippen LogP contribution in [0, 0.1) is 0 Å². The van der Waals surface area contributed by atoms with E-state index >= 15 is 0 Å². The number of nitrogens with one attached hydrogen (secondary N) is 1. The second-order valence-corrected chi connectivity index (χ2v) is 9.90. The maximum Gasteiger partial charge on any atom is 0.254 e. The third kappa shape index (κ3) is 6.41. The molecule has 9 heteroatoms. The summed E-state index contributed by atoms with van der Waals surface area (Å²) < 4.78 is 26.2. The quantitative estimate of drug-likeness (QED) is 0.675. The first-order valence-electron chi connectivity index (χ1n) is 10.1. The zero-order valence-electron chi connectivity index (χ0n) is 17.2. The van der Waals surface area contributed by atoms with E-state index in [1.54, 1.807) is 22.8 Å². The molecule has 1 aliphatic rings. The molecule has 1 aliphatic heterocycles. The smallest absolute Gasteiger partial charge is 0.254 e. The van der Waals surface area contributed by atoms with Gasteiger partial charge in [-0.1, -0.05) is 30.3 Å². The molecule has 0 bridgehead atoms. The minimum absolute atomic E-state index is 0.00523. The standard InChI is InChI=1S/C21H28N4O4S/c1-24-15-18(14-22-24)21(27)23-19-9-11-25(12-10-19)20(26)16-30(28,29)13-5-8-17-6-3-2-4-7-17/h2-4,6-7,14-15,19H,5,8-13,16H2,1H3,(H,23,27). The summed E-state index contributed by atoms with van der Waals surface area (Å²) in [4.78, 5) is 26.2. The highest BCUT2D eigenvalue weighted by Gasteiger charge is 2.27. The molecule has 1 aromatic carbocycles. The largest absolute Gasteiger partial charge is 0.349 e. The Morgan fingerprint density at radius 3 is 2.50 bits per heavy atom. The van der Waals surface area contributed by atoms with Crippen molar-refractivity contribution in [2.24, 2.45) is 7.05 Å². The first-order chi connectivity index (χ1) is 14.3. The number of aryl methyl sites for hydroxylation is 2. The van der Waals surface area contributed by atoms with Gasteiger partial charge in [0.25, 0.3) is 5.91 Å². The Kier molecular flexibility index (Phi) is 7.25. The summed E-state index contributed by atoms with van der Waals surface area (Å²) in [5, 5.41) is 6.94. The highest BCUT2D eigenvalue weighted by atomic mass is 32.2. The number of carbonyl (C=O) groups is 2. The van der Waals surface area contributed by atoms with Crippen molar-refractivity contribution in [3.63, 3.8) is 0 Å². The van der Waals surface area contributed by atoms with Crippen LogP contribution in [-0.4, -0.2) is 65.5 Å². The molecule has 1 saturated heterocycles. The summed E-state index contributed by atoms with van der Waals surface area (Å²) in [5.74, 6) is -0.986. The van der Waals surface area contributed by atoms with Gasteiger partial charge in [0.1, 0.15) is 5.75 Å². The number of nitrogens with zero attached hydrogens (tertiary/aromatic N) is 3. The lowest BCUT2D eigenvalue weighted by molar-refractivity contribution is -0.129. The number of hydrogen-bond donors (Lipinski definition) is 1. The van der Waals surface area contributed by atoms with Gasteiger partial charge in [-0.15, -0.1) is 0 Å². The second kappa shape index (κ2) is 9.88. The first-order valence-corrected chi connectivity index (χ1v) is 12.0. The lowest BCUT2D eigenvalue weighted by atomic mass is 10.0. The van der Waals surface area contributed by atoms with Gasteiger partial charge < -0.3 is 10.2 Å². The van der Waals surface area contributed by atoms with E-state index in [1.807, 2.05) is 30.3 Å². The van der Waals surface area contributed by atoms with E-state index in [2.05, 4.69) is 10.4 Å². The molecule has 1 aromatic heterocycles. The third-order valence-corrected chi connectivity index (χ3v) is 6.85. The van der Waals surface area contributed by atoms with Crippen LogP contribution in [0.4, 0.5) is 0 Å². The Morgan fingerprint density at radius 2 is 1.87 bits per heavy atom. The molecule has 2 heterocycles. The van der Waals surface area contributed by atoms with Gasteiger partial charge in [-0.05, 0) is 31.2 Å². The fourth-order valence-electron chi connectivity index (χ4n) is 3.57. The van der Waals surface area contributed by atoms with Crippen molar-refractivity contribution in [1.29, 1.82) is 0 Å². The molecule has 0 atom stereocenters. The second-order valence-electron chi connectivity index (χ2n) is 7.71. The van der Waals surface area contributed by atoms with Gasteiger partial charge in [0.15, 0.2) is 9.84 Å². The summed E-state index contributed by atoms with van der Waals surface area (Å²) in [7, 11) is -1.69. The Balaban J connectivity index is 1.40. The van der Waals surface area contributed by atoms with Crippen LogP contribution < -0.4 is 5.32 Å². The number of likely N-dealkylation sites (tertiary alicyclic amines) is 1. The van der Waals surface area contributed by atoms with E-state index in [1.165, 1.54) is 6.20 Å². The number of carbonyl (C=O) groups excluding carboxylic acids is 2. The van der Waals surface area contributed by atoms with Gasteiger partial charge in [0, 0.05) is 32.4 Å². The lowest BCUT2D eigenvalue weighted by Crippen LogP contribution is -2.48.